The van der Waals surface area contributed by atoms with Gasteiger partial charge in [-0.05, 0) is 13.8 Å². The first-order valence-corrected chi connectivity index (χ1v) is 6.04. The van der Waals surface area contributed by atoms with Crippen molar-refractivity contribution in [2.24, 2.45) is 22.5 Å². The molecule has 2 aliphatic rings. The van der Waals surface area contributed by atoms with Crippen LogP contribution in [0.3, 0.4) is 0 Å². The van der Waals surface area contributed by atoms with Crippen molar-refractivity contribution in [3.63, 3.8) is 0 Å². The Morgan fingerprint density at radius 2 is 1.83 bits per heavy atom. The second-order valence-electron chi connectivity index (χ2n) is 4.58. The summed E-state index contributed by atoms with van der Waals surface area (Å²) in [6.45, 7) is 6.16. The minimum absolute atomic E-state index is 0.223. The van der Waals surface area contributed by atoms with Crippen LogP contribution in [0.25, 0.3) is 0 Å². The average Bonchev–Trinajstić information content (AvgIpc) is 2.82. The van der Waals surface area contributed by atoms with Gasteiger partial charge in [-0.2, -0.15) is 10.5 Å². The molecule has 0 saturated heterocycles. The Kier molecular flexibility index (Phi) is 2.62. The van der Waals surface area contributed by atoms with Gasteiger partial charge < -0.3 is 9.47 Å². The third-order valence-electron chi connectivity index (χ3n) is 4.13. The lowest BCUT2D eigenvalue weighted by Crippen LogP contribution is -2.91. The highest BCUT2D eigenvalue weighted by Crippen LogP contribution is 2.73. The van der Waals surface area contributed by atoms with Gasteiger partial charge in [-0.25, -0.2) is 4.99 Å². The van der Waals surface area contributed by atoms with Crippen molar-refractivity contribution in [1.82, 2.24) is 0 Å². The summed E-state index contributed by atoms with van der Waals surface area (Å²) in [5, 5.41) is 19.0. The first kappa shape index (κ1) is 12.8. The number of fused-ring (bicyclic) bond motifs is 1. The molecule has 0 unspecified atom stereocenters. The number of rotatable bonds is 4. The van der Waals surface area contributed by atoms with E-state index in [0.29, 0.717) is 13.2 Å². The van der Waals surface area contributed by atoms with Crippen LogP contribution < -0.4 is 10.7 Å². The molecule has 1 saturated carbocycles. The Balaban J connectivity index is 2.58. The monoisotopic (exact) mass is 249 g/mol. The van der Waals surface area contributed by atoms with Gasteiger partial charge in [0.1, 0.15) is 0 Å². The van der Waals surface area contributed by atoms with Crippen molar-refractivity contribution in [2.75, 3.05) is 13.2 Å². The molecule has 0 spiro atoms. The van der Waals surface area contributed by atoms with Crippen LogP contribution in [0.5, 0.6) is 0 Å². The van der Waals surface area contributed by atoms with E-state index in [4.69, 9.17) is 15.2 Å². The number of hydrogen-bond acceptors (Lipinski definition) is 5. The molecule has 3 N–H and O–H groups in total. The highest BCUT2D eigenvalue weighted by molar-refractivity contribution is 5.93. The van der Waals surface area contributed by atoms with E-state index >= 15 is 0 Å². The number of amidine groups is 1. The standard InChI is InChI=1S/C12H16N4O2/c1-4-17-12(18-5-2)11(7-14)8(3)10(11,6-13)9(15)16-12/h8H,4-5H2,1-3H3,(H2,15,16)/p+1/t8-,10+,11+/m0/s1. The summed E-state index contributed by atoms with van der Waals surface area (Å²) in [6.07, 6.45) is 0. The molecule has 1 heterocycles. The summed E-state index contributed by atoms with van der Waals surface area (Å²) in [4.78, 5) is 2.89. The third-order valence-corrected chi connectivity index (χ3v) is 4.13. The van der Waals surface area contributed by atoms with Crippen LogP contribution in [0.15, 0.2) is 0 Å². The molecule has 0 aromatic heterocycles. The van der Waals surface area contributed by atoms with Crippen LogP contribution in [0, 0.1) is 39.4 Å². The lowest BCUT2D eigenvalue weighted by atomic mass is 9.94. The molecular weight excluding hydrogens is 232 g/mol. The van der Waals surface area contributed by atoms with Gasteiger partial charge in [0.15, 0.2) is 10.8 Å². The Labute approximate surface area is 106 Å². The fraction of sp³-hybridized carbons (Fsp3) is 0.750. The molecule has 1 aliphatic heterocycles. The summed E-state index contributed by atoms with van der Waals surface area (Å²) in [7, 11) is 0. The SMILES string of the molecule is CCOC1(OCC)[NH+]=C(N)[C@@]2(C#N)[C@H](C)[C@@]12C#N. The molecule has 6 nitrogen and oxygen atoms in total. The van der Waals surface area contributed by atoms with Gasteiger partial charge in [-0.3, -0.25) is 5.73 Å². The topological polar surface area (TPSA) is 106 Å². The second-order valence-corrected chi connectivity index (χ2v) is 4.58. The fourth-order valence-corrected chi connectivity index (χ4v) is 3.28. The van der Waals surface area contributed by atoms with Crippen molar-refractivity contribution in [3.8, 4) is 12.1 Å². The Morgan fingerprint density at radius 1 is 1.28 bits per heavy atom. The van der Waals surface area contributed by atoms with Crippen molar-refractivity contribution in [1.29, 1.82) is 10.5 Å². The largest absolute Gasteiger partial charge is 0.342 e. The van der Waals surface area contributed by atoms with Gasteiger partial charge in [0.25, 0.3) is 5.84 Å². The maximum atomic E-state index is 9.57. The predicted octanol–water partition coefficient (Wildman–Crippen LogP) is -1.17. The van der Waals surface area contributed by atoms with Crippen LogP contribution >= 0.6 is 0 Å². The van der Waals surface area contributed by atoms with Crippen molar-refractivity contribution >= 4 is 5.84 Å². The van der Waals surface area contributed by atoms with E-state index < -0.39 is 16.7 Å². The minimum Gasteiger partial charge on any atom is -0.314 e. The zero-order valence-electron chi connectivity index (χ0n) is 10.8. The quantitative estimate of drug-likeness (QED) is 0.611. The summed E-state index contributed by atoms with van der Waals surface area (Å²) in [6, 6.07) is 4.38. The summed E-state index contributed by atoms with van der Waals surface area (Å²) in [5.74, 6) is -1.27. The van der Waals surface area contributed by atoms with E-state index in [0.717, 1.165) is 0 Å². The first-order valence-electron chi connectivity index (χ1n) is 6.04. The fourth-order valence-electron chi connectivity index (χ4n) is 3.28. The molecule has 0 radical (unpaired) electrons. The van der Waals surface area contributed by atoms with E-state index in [2.05, 4.69) is 17.1 Å². The van der Waals surface area contributed by atoms with E-state index in [9.17, 15) is 10.5 Å². The van der Waals surface area contributed by atoms with Crippen LogP contribution in [0.1, 0.15) is 20.8 Å². The molecular formula is C12H17N4O2+. The van der Waals surface area contributed by atoms with Crippen molar-refractivity contribution < 1.29 is 14.5 Å². The van der Waals surface area contributed by atoms with E-state index in [-0.39, 0.29) is 11.8 Å². The Morgan fingerprint density at radius 3 is 2.17 bits per heavy atom. The number of nitrogens with two attached hydrogens (primary N) is 1. The third kappa shape index (κ3) is 0.973. The number of ether oxygens (including phenoxy) is 2. The molecule has 1 aliphatic carbocycles. The lowest BCUT2D eigenvalue weighted by Gasteiger charge is -2.28. The Bertz CT molecular complexity index is 483. The normalized spacial score (nSPS) is 39.4. The molecule has 3 atom stereocenters. The van der Waals surface area contributed by atoms with Gasteiger partial charge in [0.05, 0.1) is 25.4 Å². The van der Waals surface area contributed by atoms with Crippen LogP contribution in [0.2, 0.25) is 0 Å². The summed E-state index contributed by atoms with van der Waals surface area (Å²) < 4.78 is 11.3. The molecule has 0 amide bonds. The van der Waals surface area contributed by atoms with Gasteiger partial charge in [-0.15, -0.1) is 0 Å². The van der Waals surface area contributed by atoms with Gasteiger partial charge in [-0.1, -0.05) is 6.92 Å². The molecule has 96 valence electrons. The zero-order valence-corrected chi connectivity index (χ0v) is 10.8. The number of nitrogens with one attached hydrogen (secondary N) is 1. The van der Waals surface area contributed by atoms with E-state index in [1.165, 1.54) is 0 Å². The molecule has 18 heavy (non-hydrogen) atoms. The van der Waals surface area contributed by atoms with E-state index in [1.54, 1.807) is 0 Å². The van der Waals surface area contributed by atoms with Gasteiger partial charge in [0.2, 0.25) is 0 Å². The molecule has 0 aromatic rings. The van der Waals surface area contributed by atoms with Crippen LogP contribution in [0.4, 0.5) is 0 Å². The lowest BCUT2D eigenvalue weighted by molar-refractivity contribution is -0.693. The molecule has 2 rings (SSSR count). The van der Waals surface area contributed by atoms with Crippen molar-refractivity contribution in [3.05, 3.63) is 0 Å². The maximum Gasteiger partial charge on any atom is 0.342 e. The molecule has 0 aromatic carbocycles. The average molecular weight is 249 g/mol. The smallest absolute Gasteiger partial charge is 0.314 e. The molecule has 1 fully saturated rings. The summed E-state index contributed by atoms with van der Waals surface area (Å²) in [5.41, 5.74) is 3.82. The Hall–Kier alpha value is -1.63. The maximum absolute atomic E-state index is 9.57. The van der Waals surface area contributed by atoms with Crippen molar-refractivity contribution in [2.45, 2.75) is 26.7 Å². The predicted molar refractivity (Wildman–Crippen MR) is 61.4 cm³/mol. The van der Waals surface area contributed by atoms with Crippen LogP contribution in [-0.2, 0) is 9.47 Å². The highest BCUT2D eigenvalue weighted by Gasteiger charge is 2.95. The van der Waals surface area contributed by atoms with Crippen LogP contribution in [-0.4, -0.2) is 25.0 Å². The second kappa shape index (κ2) is 3.68. The molecule has 0 bridgehead atoms. The highest BCUT2D eigenvalue weighted by atomic mass is 16.7. The number of nitriles is 2. The van der Waals surface area contributed by atoms with Gasteiger partial charge >= 0.3 is 5.91 Å². The minimum atomic E-state index is -1.31. The summed E-state index contributed by atoms with van der Waals surface area (Å²) >= 11 is 0. The zero-order chi connectivity index (χ0) is 13.6. The van der Waals surface area contributed by atoms with Gasteiger partial charge in [0, 0.05) is 5.92 Å². The number of hydrogen-bond donors (Lipinski definition) is 2. The van der Waals surface area contributed by atoms with E-state index in [1.807, 2.05) is 20.8 Å². The first-order chi connectivity index (χ1) is 8.53. The number of nitrogens with zero attached hydrogens (tertiary/aromatic N) is 2. The molecule has 6 heteroatoms.